The highest BCUT2D eigenvalue weighted by Crippen LogP contribution is 2.29. The highest BCUT2D eigenvalue weighted by atomic mass is 35.5. The number of halogens is 2. The maximum absolute atomic E-state index is 11.8. The van der Waals surface area contributed by atoms with Crippen molar-refractivity contribution in [3.63, 3.8) is 0 Å². The van der Waals surface area contributed by atoms with Crippen molar-refractivity contribution in [3.05, 3.63) is 55.9 Å². The molecule has 4 nitrogen and oxygen atoms in total. The average Bonchev–Trinajstić information content (AvgIpc) is 2.89. The molecule has 20 heavy (non-hydrogen) atoms. The molecule has 2 N–H and O–H groups in total. The summed E-state index contributed by atoms with van der Waals surface area (Å²) < 4.78 is 0.634. The highest BCUT2D eigenvalue weighted by Gasteiger charge is 2.07. The van der Waals surface area contributed by atoms with Gasteiger partial charge in [-0.15, -0.1) is 11.3 Å². The number of rotatable bonds is 3. The smallest absolute Gasteiger partial charge is 0.268 e. The van der Waals surface area contributed by atoms with Crippen molar-refractivity contribution in [2.24, 2.45) is 0 Å². The van der Waals surface area contributed by atoms with Gasteiger partial charge in [0.25, 0.3) is 5.56 Å². The topological polar surface area (TPSA) is 57.8 Å². The number of nitrogens with zero attached hydrogens (tertiary/aromatic N) is 1. The van der Waals surface area contributed by atoms with E-state index in [-0.39, 0.29) is 5.56 Å². The molecule has 0 saturated carbocycles. The normalized spacial score (nSPS) is 10.9. The molecule has 2 heterocycles. The summed E-state index contributed by atoms with van der Waals surface area (Å²) in [6, 6.07) is 7.15. The lowest BCUT2D eigenvalue weighted by Crippen LogP contribution is -2.13. The van der Waals surface area contributed by atoms with E-state index in [9.17, 15) is 4.79 Å². The van der Waals surface area contributed by atoms with E-state index in [0.29, 0.717) is 38.3 Å². The molecule has 0 amide bonds. The molecule has 0 spiro atoms. The van der Waals surface area contributed by atoms with Crippen LogP contribution in [0.25, 0.3) is 10.2 Å². The Hall–Kier alpha value is -1.56. The Kier molecular flexibility index (Phi) is 3.65. The Labute approximate surface area is 128 Å². The molecular weight excluding hydrogens is 317 g/mol. The molecule has 0 aliphatic heterocycles. The van der Waals surface area contributed by atoms with E-state index in [0.717, 1.165) is 0 Å². The van der Waals surface area contributed by atoms with Crippen LogP contribution in [-0.4, -0.2) is 9.97 Å². The number of anilines is 1. The van der Waals surface area contributed by atoms with Crippen molar-refractivity contribution in [2.45, 2.75) is 6.54 Å². The molecule has 0 saturated heterocycles. The van der Waals surface area contributed by atoms with Gasteiger partial charge in [-0.2, -0.15) is 0 Å². The third-order valence-electron chi connectivity index (χ3n) is 2.76. The zero-order valence-electron chi connectivity index (χ0n) is 10.1. The summed E-state index contributed by atoms with van der Waals surface area (Å²) in [7, 11) is 0. The monoisotopic (exact) mass is 325 g/mol. The van der Waals surface area contributed by atoms with E-state index < -0.39 is 0 Å². The summed E-state index contributed by atoms with van der Waals surface area (Å²) in [5, 5.41) is 5.88. The number of nitrogens with one attached hydrogen (secondary N) is 2. The van der Waals surface area contributed by atoms with Gasteiger partial charge in [0.15, 0.2) is 0 Å². The van der Waals surface area contributed by atoms with Crippen LogP contribution in [0, 0.1) is 0 Å². The lowest BCUT2D eigenvalue weighted by Gasteiger charge is -2.08. The number of H-pyrrole nitrogens is 1. The summed E-state index contributed by atoms with van der Waals surface area (Å²) in [6.45, 7) is 0.362. The Morgan fingerprint density at radius 1 is 1.30 bits per heavy atom. The van der Waals surface area contributed by atoms with E-state index in [1.807, 2.05) is 17.5 Å². The van der Waals surface area contributed by atoms with Crippen molar-refractivity contribution in [2.75, 3.05) is 5.32 Å². The number of hydrogen-bond donors (Lipinski definition) is 2. The maximum Gasteiger partial charge on any atom is 0.268 e. The Morgan fingerprint density at radius 2 is 2.15 bits per heavy atom. The van der Waals surface area contributed by atoms with Crippen molar-refractivity contribution < 1.29 is 0 Å². The zero-order valence-corrected chi connectivity index (χ0v) is 12.4. The Morgan fingerprint density at radius 3 is 3.00 bits per heavy atom. The lowest BCUT2D eigenvalue weighted by atomic mass is 10.3. The minimum atomic E-state index is -0.126. The zero-order chi connectivity index (χ0) is 14.1. The molecule has 3 aromatic rings. The molecule has 0 bridgehead atoms. The van der Waals surface area contributed by atoms with Gasteiger partial charge in [0, 0.05) is 0 Å². The molecular formula is C13H9Cl2N3OS. The number of thiophene rings is 1. The highest BCUT2D eigenvalue weighted by molar-refractivity contribution is 7.17. The molecule has 0 aliphatic rings. The van der Waals surface area contributed by atoms with E-state index >= 15 is 0 Å². The first-order valence-corrected chi connectivity index (χ1v) is 7.43. The SMILES string of the molecule is O=c1[nH]c(CNc2cccc(Cl)c2Cl)nc2ccsc12. The van der Waals surface area contributed by atoms with Crippen LogP contribution >= 0.6 is 34.5 Å². The van der Waals surface area contributed by atoms with Gasteiger partial charge in [-0.1, -0.05) is 29.3 Å². The number of fused-ring (bicyclic) bond motifs is 1. The molecule has 1 aromatic carbocycles. The summed E-state index contributed by atoms with van der Waals surface area (Å²) in [6.07, 6.45) is 0. The molecule has 102 valence electrons. The molecule has 0 aliphatic carbocycles. The summed E-state index contributed by atoms with van der Waals surface area (Å²) >= 11 is 13.4. The molecule has 0 atom stereocenters. The molecule has 0 fully saturated rings. The van der Waals surface area contributed by atoms with Crippen LogP contribution in [0.1, 0.15) is 5.82 Å². The van der Waals surface area contributed by atoms with Gasteiger partial charge < -0.3 is 10.3 Å². The van der Waals surface area contributed by atoms with Gasteiger partial charge in [-0.05, 0) is 23.6 Å². The maximum atomic E-state index is 11.8. The number of aromatic nitrogens is 2. The minimum absolute atomic E-state index is 0.126. The first-order valence-electron chi connectivity index (χ1n) is 5.79. The largest absolute Gasteiger partial charge is 0.377 e. The van der Waals surface area contributed by atoms with Crippen LogP contribution in [0.15, 0.2) is 34.4 Å². The van der Waals surface area contributed by atoms with Gasteiger partial charge in [0.1, 0.15) is 10.5 Å². The van der Waals surface area contributed by atoms with Crippen LogP contribution in [0.3, 0.4) is 0 Å². The standard InChI is InChI=1S/C13H9Cl2N3OS/c14-7-2-1-3-8(11(7)15)16-6-10-17-9-4-5-20-12(9)13(19)18-10/h1-5,16H,6H2,(H,17,18,19). The van der Waals surface area contributed by atoms with Crippen molar-refractivity contribution in [1.29, 1.82) is 0 Å². The van der Waals surface area contributed by atoms with Crippen molar-refractivity contribution in [1.82, 2.24) is 9.97 Å². The second kappa shape index (κ2) is 5.44. The molecule has 3 rings (SSSR count). The molecule has 0 radical (unpaired) electrons. The van der Waals surface area contributed by atoms with Gasteiger partial charge in [-0.25, -0.2) is 4.98 Å². The average molecular weight is 326 g/mol. The lowest BCUT2D eigenvalue weighted by molar-refractivity contribution is 0.956. The van der Waals surface area contributed by atoms with Crippen LogP contribution in [0.2, 0.25) is 10.0 Å². The van der Waals surface area contributed by atoms with E-state index in [1.165, 1.54) is 11.3 Å². The number of hydrogen-bond acceptors (Lipinski definition) is 4. The van der Waals surface area contributed by atoms with Gasteiger partial charge in [-0.3, -0.25) is 4.79 Å². The van der Waals surface area contributed by atoms with Crippen LogP contribution < -0.4 is 10.9 Å². The van der Waals surface area contributed by atoms with E-state index in [2.05, 4.69) is 15.3 Å². The van der Waals surface area contributed by atoms with Crippen LogP contribution in [0.5, 0.6) is 0 Å². The first-order chi connectivity index (χ1) is 9.65. The second-order valence-electron chi connectivity index (χ2n) is 4.10. The van der Waals surface area contributed by atoms with Crippen LogP contribution in [-0.2, 0) is 6.54 Å². The van der Waals surface area contributed by atoms with Gasteiger partial charge in [0.2, 0.25) is 0 Å². The van der Waals surface area contributed by atoms with Crippen LogP contribution in [0.4, 0.5) is 5.69 Å². The number of benzene rings is 1. The molecule has 7 heteroatoms. The Bertz CT molecular complexity index is 828. The Balaban J connectivity index is 1.86. The third-order valence-corrected chi connectivity index (χ3v) is 4.48. The summed E-state index contributed by atoms with van der Waals surface area (Å²) in [5.41, 5.74) is 1.28. The number of aromatic amines is 1. The second-order valence-corrected chi connectivity index (χ2v) is 5.80. The molecule has 0 unspecified atom stereocenters. The quantitative estimate of drug-likeness (QED) is 0.767. The minimum Gasteiger partial charge on any atom is -0.377 e. The van der Waals surface area contributed by atoms with E-state index in [4.69, 9.17) is 23.2 Å². The fourth-order valence-corrected chi connectivity index (χ4v) is 2.92. The van der Waals surface area contributed by atoms with Crippen molar-refractivity contribution in [3.8, 4) is 0 Å². The fourth-order valence-electron chi connectivity index (χ4n) is 1.82. The first kappa shape index (κ1) is 13.4. The predicted octanol–water partition coefficient (Wildman–Crippen LogP) is 3.90. The fraction of sp³-hybridized carbons (Fsp3) is 0.0769. The predicted molar refractivity (Wildman–Crippen MR) is 84.0 cm³/mol. The van der Waals surface area contributed by atoms with Gasteiger partial charge >= 0.3 is 0 Å². The van der Waals surface area contributed by atoms with Crippen molar-refractivity contribution >= 4 is 50.4 Å². The van der Waals surface area contributed by atoms with Gasteiger partial charge in [0.05, 0.1) is 27.8 Å². The van der Waals surface area contributed by atoms with E-state index in [1.54, 1.807) is 12.1 Å². The molecule has 2 aromatic heterocycles. The summed E-state index contributed by atoms with van der Waals surface area (Å²) in [4.78, 5) is 19.0. The third kappa shape index (κ3) is 2.52. The summed E-state index contributed by atoms with van der Waals surface area (Å²) in [5.74, 6) is 0.553.